The molecule has 0 unspecified atom stereocenters. The summed E-state index contributed by atoms with van der Waals surface area (Å²) in [7, 11) is 0. The predicted molar refractivity (Wildman–Crippen MR) is 78.6 cm³/mol. The van der Waals surface area contributed by atoms with Crippen LogP contribution in [-0.4, -0.2) is 20.7 Å². The minimum atomic E-state index is 0.0228. The molecule has 0 aromatic carbocycles. The zero-order valence-corrected chi connectivity index (χ0v) is 11.6. The van der Waals surface area contributed by atoms with Crippen LogP contribution in [0.4, 0.5) is 0 Å². The van der Waals surface area contributed by atoms with Crippen molar-refractivity contribution in [2.45, 2.75) is 6.92 Å². The van der Waals surface area contributed by atoms with Crippen LogP contribution >= 0.6 is 11.3 Å². The van der Waals surface area contributed by atoms with Crippen LogP contribution in [0, 0.1) is 0 Å². The molecule has 0 spiro atoms. The molecular weight excluding hydrogens is 270 g/mol. The first-order valence-electron chi connectivity index (χ1n) is 6.08. The third-order valence-electron chi connectivity index (χ3n) is 2.83. The molecule has 0 atom stereocenters. The Labute approximate surface area is 120 Å². The number of pyridine rings is 2. The van der Waals surface area contributed by atoms with Crippen molar-refractivity contribution in [3.8, 4) is 21.8 Å². The number of ketones is 1. The Kier molecular flexibility index (Phi) is 3.35. The molecule has 4 nitrogen and oxygen atoms in total. The lowest BCUT2D eigenvalue weighted by Crippen LogP contribution is -1.91. The van der Waals surface area contributed by atoms with Gasteiger partial charge in [0.05, 0.1) is 10.6 Å². The third-order valence-corrected chi connectivity index (χ3v) is 4.03. The van der Waals surface area contributed by atoms with Crippen LogP contribution < -0.4 is 0 Å². The number of aromatic nitrogens is 3. The normalized spacial score (nSPS) is 10.4. The summed E-state index contributed by atoms with van der Waals surface area (Å²) in [6.45, 7) is 1.56. The Morgan fingerprint density at radius 2 is 1.50 bits per heavy atom. The lowest BCUT2D eigenvalue weighted by Gasteiger charge is -1.97. The van der Waals surface area contributed by atoms with E-state index in [1.165, 1.54) is 11.3 Å². The molecule has 0 saturated heterocycles. The van der Waals surface area contributed by atoms with Crippen molar-refractivity contribution < 1.29 is 4.79 Å². The van der Waals surface area contributed by atoms with Crippen LogP contribution in [-0.2, 0) is 0 Å². The molecular formula is C15H11N3OS. The van der Waals surface area contributed by atoms with Gasteiger partial charge in [0.2, 0.25) is 0 Å². The number of thiazole rings is 1. The lowest BCUT2D eigenvalue weighted by molar-refractivity contribution is 0.102. The number of nitrogens with zero attached hydrogens (tertiary/aromatic N) is 3. The summed E-state index contributed by atoms with van der Waals surface area (Å²) in [4.78, 5) is 25.1. The van der Waals surface area contributed by atoms with Crippen LogP contribution in [0.2, 0.25) is 0 Å². The van der Waals surface area contributed by atoms with Crippen molar-refractivity contribution >= 4 is 17.1 Å². The highest BCUT2D eigenvalue weighted by Gasteiger charge is 2.17. The zero-order valence-electron chi connectivity index (χ0n) is 10.8. The number of carbonyl (C=O) groups excluding carboxylic acids is 1. The van der Waals surface area contributed by atoms with Gasteiger partial charge in [0, 0.05) is 42.8 Å². The van der Waals surface area contributed by atoms with Gasteiger partial charge in [-0.05, 0) is 24.3 Å². The molecule has 0 saturated carbocycles. The molecule has 20 heavy (non-hydrogen) atoms. The van der Waals surface area contributed by atoms with Crippen LogP contribution in [0.3, 0.4) is 0 Å². The van der Waals surface area contributed by atoms with Gasteiger partial charge in [-0.3, -0.25) is 14.8 Å². The number of hydrogen-bond donors (Lipinski definition) is 0. The number of Topliss-reactive ketones (excluding diaryl/α,β-unsaturated/α-hetero) is 1. The fourth-order valence-corrected chi connectivity index (χ4v) is 2.87. The maximum atomic E-state index is 11.8. The number of carbonyl (C=O) groups is 1. The first-order chi connectivity index (χ1) is 9.75. The van der Waals surface area contributed by atoms with E-state index in [9.17, 15) is 4.79 Å². The van der Waals surface area contributed by atoms with Crippen molar-refractivity contribution in [1.29, 1.82) is 0 Å². The van der Waals surface area contributed by atoms with Gasteiger partial charge in [-0.15, -0.1) is 11.3 Å². The van der Waals surface area contributed by atoms with Crippen molar-refractivity contribution in [1.82, 2.24) is 15.0 Å². The van der Waals surface area contributed by atoms with Gasteiger partial charge in [-0.1, -0.05) is 0 Å². The fraction of sp³-hybridized carbons (Fsp3) is 0.0667. The molecule has 3 heterocycles. The van der Waals surface area contributed by atoms with Crippen molar-refractivity contribution in [3.63, 3.8) is 0 Å². The Hall–Kier alpha value is -2.40. The monoisotopic (exact) mass is 281 g/mol. The van der Waals surface area contributed by atoms with Gasteiger partial charge < -0.3 is 0 Å². The van der Waals surface area contributed by atoms with E-state index in [1.807, 2.05) is 24.3 Å². The fourth-order valence-electron chi connectivity index (χ4n) is 1.88. The molecule has 0 aliphatic rings. The molecule has 0 fully saturated rings. The summed E-state index contributed by atoms with van der Waals surface area (Å²) in [6, 6.07) is 7.49. The van der Waals surface area contributed by atoms with E-state index in [0.717, 1.165) is 21.8 Å². The summed E-state index contributed by atoms with van der Waals surface area (Å²) >= 11 is 1.41. The summed E-state index contributed by atoms with van der Waals surface area (Å²) in [5.41, 5.74) is 2.59. The highest BCUT2D eigenvalue weighted by Crippen LogP contribution is 2.33. The summed E-state index contributed by atoms with van der Waals surface area (Å²) in [6.07, 6.45) is 6.84. The van der Waals surface area contributed by atoms with Crippen molar-refractivity contribution in [3.05, 3.63) is 53.9 Å². The van der Waals surface area contributed by atoms with Gasteiger partial charge in [0.15, 0.2) is 5.78 Å². The Bertz CT molecular complexity index is 738. The van der Waals surface area contributed by atoms with Crippen molar-refractivity contribution in [2.24, 2.45) is 0 Å². The smallest absolute Gasteiger partial charge is 0.172 e. The predicted octanol–water partition coefficient (Wildman–Crippen LogP) is 3.47. The SMILES string of the molecule is CC(=O)c1sc(-c2ccncc2)nc1-c1ccncc1. The quantitative estimate of drug-likeness (QED) is 0.690. The lowest BCUT2D eigenvalue weighted by atomic mass is 10.1. The first kappa shape index (κ1) is 12.6. The molecule has 0 amide bonds. The minimum Gasteiger partial charge on any atom is -0.294 e. The largest absolute Gasteiger partial charge is 0.294 e. The molecule has 3 rings (SSSR count). The second-order valence-electron chi connectivity index (χ2n) is 4.22. The maximum absolute atomic E-state index is 11.8. The maximum Gasteiger partial charge on any atom is 0.172 e. The number of hydrogen-bond acceptors (Lipinski definition) is 5. The first-order valence-corrected chi connectivity index (χ1v) is 6.90. The van der Waals surface area contributed by atoms with Crippen molar-refractivity contribution in [2.75, 3.05) is 0 Å². The molecule has 98 valence electrons. The average molecular weight is 281 g/mol. The van der Waals surface area contributed by atoms with Crippen LogP contribution in [0.1, 0.15) is 16.6 Å². The van der Waals surface area contributed by atoms with Crippen LogP contribution in [0.25, 0.3) is 21.8 Å². The molecule has 3 aromatic heterocycles. The van der Waals surface area contributed by atoms with E-state index in [4.69, 9.17) is 0 Å². The topological polar surface area (TPSA) is 55.7 Å². The van der Waals surface area contributed by atoms with E-state index < -0.39 is 0 Å². The van der Waals surface area contributed by atoms with E-state index >= 15 is 0 Å². The van der Waals surface area contributed by atoms with E-state index in [0.29, 0.717) is 4.88 Å². The Balaban J connectivity index is 2.15. The zero-order chi connectivity index (χ0) is 13.9. The van der Waals surface area contributed by atoms with Crippen LogP contribution in [0.15, 0.2) is 49.1 Å². The van der Waals surface area contributed by atoms with Gasteiger partial charge in [0.1, 0.15) is 5.01 Å². The molecule has 0 aliphatic heterocycles. The van der Waals surface area contributed by atoms with Crippen LogP contribution in [0.5, 0.6) is 0 Å². The molecule has 0 N–H and O–H groups in total. The van der Waals surface area contributed by atoms with Gasteiger partial charge >= 0.3 is 0 Å². The highest BCUT2D eigenvalue weighted by molar-refractivity contribution is 7.17. The summed E-state index contributed by atoms with van der Waals surface area (Å²) < 4.78 is 0. The standard InChI is InChI=1S/C15H11N3OS/c1-10(19)14-13(11-2-6-16-7-3-11)18-15(20-14)12-4-8-17-9-5-12/h2-9H,1H3. The summed E-state index contributed by atoms with van der Waals surface area (Å²) in [5, 5.41) is 0.824. The Morgan fingerprint density at radius 3 is 2.05 bits per heavy atom. The molecule has 3 aromatic rings. The van der Waals surface area contributed by atoms with E-state index in [-0.39, 0.29) is 5.78 Å². The van der Waals surface area contributed by atoms with E-state index in [1.54, 1.807) is 31.7 Å². The van der Waals surface area contributed by atoms with Gasteiger partial charge in [0.25, 0.3) is 0 Å². The molecule has 0 radical (unpaired) electrons. The highest BCUT2D eigenvalue weighted by atomic mass is 32.1. The number of rotatable bonds is 3. The second-order valence-corrected chi connectivity index (χ2v) is 5.22. The molecule has 0 bridgehead atoms. The van der Waals surface area contributed by atoms with E-state index in [2.05, 4.69) is 15.0 Å². The molecule has 5 heteroatoms. The average Bonchev–Trinajstić information content (AvgIpc) is 2.94. The summed E-state index contributed by atoms with van der Waals surface area (Å²) in [5.74, 6) is 0.0228. The van der Waals surface area contributed by atoms with Gasteiger partial charge in [-0.25, -0.2) is 4.98 Å². The molecule has 0 aliphatic carbocycles. The van der Waals surface area contributed by atoms with Gasteiger partial charge in [-0.2, -0.15) is 0 Å². The Morgan fingerprint density at radius 1 is 0.950 bits per heavy atom. The second kappa shape index (κ2) is 5.30. The minimum absolute atomic E-state index is 0.0228. The third kappa shape index (κ3) is 2.35.